The summed E-state index contributed by atoms with van der Waals surface area (Å²) in [6.45, 7) is 3.68. The first kappa shape index (κ1) is 19.4. The molecule has 4 heterocycles. The minimum absolute atomic E-state index is 0. The van der Waals surface area contributed by atoms with Crippen molar-refractivity contribution in [1.82, 2.24) is 25.2 Å². The summed E-state index contributed by atoms with van der Waals surface area (Å²) in [6, 6.07) is 10.4. The number of fused-ring (bicyclic) bond motifs is 3. The van der Waals surface area contributed by atoms with Crippen molar-refractivity contribution < 1.29 is 9.53 Å². The second-order valence-corrected chi connectivity index (χ2v) is 7.82. The number of nitrogens with zero attached hydrogens (tertiary/aromatic N) is 4. The highest BCUT2D eigenvalue weighted by molar-refractivity contribution is 5.88. The molecule has 2 saturated heterocycles. The first-order chi connectivity index (χ1) is 13.3. The Kier molecular flexibility index (Phi) is 5.40. The molecule has 150 valence electrons. The van der Waals surface area contributed by atoms with Crippen molar-refractivity contribution in [1.29, 1.82) is 0 Å². The zero-order valence-corrected chi connectivity index (χ0v) is 16.6. The molecule has 1 aromatic carbocycles. The fraction of sp³-hybridized carbons (Fsp3) is 0.550. The van der Waals surface area contributed by atoms with Crippen molar-refractivity contribution in [3.8, 4) is 0 Å². The van der Waals surface area contributed by atoms with Crippen LogP contribution in [0.1, 0.15) is 36.6 Å². The van der Waals surface area contributed by atoms with E-state index in [0.29, 0.717) is 13.2 Å². The van der Waals surface area contributed by atoms with Crippen LogP contribution in [0.3, 0.4) is 0 Å². The van der Waals surface area contributed by atoms with Gasteiger partial charge in [-0.25, -0.2) is 4.68 Å². The van der Waals surface area contributed by atoms with E-state index in [2.05, 4.69) is 27.8 Å². The van der Waals surface area contributed by atoms with Crippen LogP contribution in [0.15, 0.2) is 36.5 Å². The number of aromatic nitrogens is 3. The number of nitrogens with one attached hydrogen (secondary N) is 1. The van der Waals surface area contributed by atoms with E-state index in [1.807, 2.05) is 27.8 Å². The lowest BCUT2D eigenvalue weighted by Crippen LogP contribution is -2.57. The normalized spacial score (nSPS) is 25.9. The van der Waals surface area contributed by atoms with E-state index in [9.17, 15) is 4.79 Å². The molecule has 2 aromatic rings. The Balaban J connectivity index is 0.00000192. The molecule has 3 aliphatic rings. The van der Waals surface area contributed by atoms with Gasteiger partial charge in [0.25, 0.3) is 0 Å². The van der Waals surface area contributed by atoms with Crippen LogP contribution < -0.4 is 5.32 Å². The lowest BCUT2D eigenvalue weighted by atomic mass is 9.71. The lowest BCUT2D eigenvalue weighted by Gasteiger charge is -2.45. The van der Waals surface area contributed by atoms with Crippen molar-refractivity contribution in [2.24, 2.45) is 0 Å². The van der Waals surface area contributed by atoms with E-state index in [4.69, 9.17) is 4.74 Å². The molecule has 0 aliphatic carbocycles. The molecule has 0 radical (unpaired) electrons. The van der Waals surface area contributed by atoms with Crippen LogP contribution in [0.5, 0.6) is 0 Å². The lowest BCUT2D eigenvalue weighted by molar-refractivity contribution is -0.145. The first-order valence-corrected chi connectivity index (χ1v) is 9.84. The SMILES string of the molecule is Cl.O=C(N1CC[C@@H]2OCc3cnnn3[C@H]2C1)C1(c2ccccc2)CCNCC1. The molecule has 2 atom stereocenters. The molecule has 0 spiro atoms. The van der Waals surface area contributed by atoms with Crippen LogP contribution in [0, 0.1) is 0 Å². The highest BCUT2D eigenvalue weighted by Crippen LogP contribution is 2.38. The zero-order valence-electron chi connectivity index (χ0n) is 15.8. The average Bonchev–Trinajstić information content (AvgIpc) is 3.23. The quantitative estimate of drug-likeness (QED) is 0.826. The van der Waals surface area contributed by atoms with Gasteiger partial charge < -0.3 is 15.0 Å². The first-order valence-electron chi connectivity index (χ1n) is 9.84. The van der Waals surface area contributed by atoms with E-state index in [1.54, 1.807) is 6.20 Å². The van der Waals surface area contributed by atoms with Gasteiger partial charge in [0.1, 0.15) is 0 Å². The second kappa shape index (κ2) is 7.81. The molecule has 8 heteroatoms. The molecule has 1 amide bonds. The number of amides is 1. The third-order valence-corrected chi connectivity index (χ3v) is 6.41. The summed E-state index contributed by atoms with van der Waals surface area (Å²) < 4.78 is 7.96. The van der Waals surface area contributed by atoms with Crippen molar-refractivity contribution in [2.75, 3.05) is 26.2 Å². The molecule has 1 N–H and O–H groups in total. The monoisotopic (exact) mass is 403 g/mol. The molecule has 5 rings (SSSR count). The smallest absolute Gasteiger partial charge is 0.233 e. The van der Waals surface area contributed by atoms with Crippen LogP contribution in [-0.4, -0.2) is 58.1 Å². The summed E-state index contributed by atoms with van der Waals surface area (Å²) >= 11 is 0. The summed E-state index contributed by atoms with van der Waals surface area (Å²) in [5, 5.41) is 11.7. The van der Waals surface area contributed by atoms with Crippen molar-refractivity contribution in [3.63, 3.8) is 0 Å². The second-order valence-electron chi connectivity index (χ2n) is 7.82. The number of hydrogen-bond donors (Lipinski definition) is 1. The number of halogens is 1. The Bertz CT molecular complexity index is 821. The largest absolute Gasteiger partial charge is 0.370 e. The molecule has 7 nitrogen and oxygen atoms in total. The van der Waals surface area contributed by atoms with Gasteiger partial charge in [-0.1, -0.05) is 35.5 Å². The Morgan fingerprint density at radius 1 is 1.21 bits per heavy atom. The van der Waals surface area contributed by atoms with Gasteiger partial charge >= 0.3 is 0 Å². The molecule has 0 bridgehead atoms. The van der Waals surface area contributed by atoms with Gasteiger partial charge in [0.15, 0.2) is 0 Å². The molecule has 3 aliphatic heterocycles. The fourth-order valence-corrected chi connectivity index (χ4v) is 4.90. The number of carbonyl (C=O) groups is 1. The molecule has 2 fully saturated rings. The van der Waals surface area contributed by atoms with Crippen molar-refractivity contribution >= 4 is 18.3 Å². The zero-order chi connectivity index (χ0) is 18.3. The third-order valence-electron chi connectivity index (χ3n) is 6.41. The number of ether oxygens (including phenoxy) is 1. The topological polar surface area (TPSA) is 72.3 Å². The van der Waals surface area contributed by atoms with E-state index in [-0.39, 0.29) is 30.5 Å². The fourth-order valence-electron chi connectivity index (χ4n) is 4.90. The predicted molar refractivity (Wildman–Crippen MR) is 106 cm³/mol. The van der Waals surface area contributed by atoms with Gasteiger partial charge in [-0.3, -0.25) is 4.79 Å². The highest BCUT2D eigenvalue weighted by atomic mass is 35.5. The maximum Gasteiger partial charge on any atom is 0.233 e. The Hall–Kier alpha value is -1.96. The molecule has 28 heavy (non-hydrogen) atoms. The number of likely N-dealkylation sites (tertiary alicyclic amines) is 1. The van der Waals surface area contributed by atoms with Gasteiger partial charge in [0, 0.05) is 13.1 Å². The summed E-state index contributed by atoms with van der Waals surface area (Å²) in [6.07, 6.45) is 4.40. The Morgan fingerprint density at radius 3 is 2.79 bits per heavy atom. The summed E-state index contributed by atoms with van der Waals surface area (Å²) in [7, 11) is 0. The van der Waals surface area contributed by atoms with Gasteiger partial charge in [0.05, 0.1) is 36.1 Å². The average molecular weight is 404 g/mol. The highest BCUT2D eigenvalue weighted by Gasteiger charge is 2.46. The number of rotatable bonds is 2. The van der Waals surface area contributed by atoms with E-state index < -0.39 is 5.41 Å². The molecule has 1 aromatic heterocycles. The maximum absolute atomic E-state index is 13.8. The number of piperidine rings is 2. The number of carbonyl (C=O) groups excluding carboxylic acids is 1. The molecular formula is C20H26ClN5O2. The Morgan fingerprint density at radius 2 is 2.00 bits per heavy atom. The van der Waals surface area contributed by atoms with Crippen LogP contribution in [-0.2, 0) is 21.6 Å². The minimum Gasteiger partial charge on any atom is -0.370 e. The molecule has 0 unspecified atom stereocenters. The van der Waals surface area contributed by atoms with Gasteiger partial charge in [-0.2, -0.15) is 0 Å². The standard InChI is InChI=1S/C20H25N5O2.ClH/c26-19(20(7-9-21-10-8-20)15-4-2-1-3-5-15)24-11-6-18-17(13-24)25-16(14-27-18)12-22-23-25;/h1-5,12,17-18,21H,6-11,13-14H2;1H/t17-,18-;/m0./s1. The summed E-state index contributed by atoms with van der Waals surface area (Å²) in [4.78, 5) is 15.9. The predicted octanol–water partition coefficient (Wildman–Crippen LogP) is 1.69. The van der Waals surface area contributed by atoms with E-state index in [0.717, 1.165) is 50.2 Å². The number of hydrogen-bond acceptors (Lipinski definition) is 5. The molecule has 0 saturated carbocycles. The van der Waals surface area contributed by atoms with Crippen molar-refractivity contribution in [3.05, 3.63) is 47.8 Å². The van der Waals surface area contributed by atoms with Crippen molar-refractivity contribution in [2.45, 2.75) is 43.4 Å². The van der Waals surface area contributed by atoms with Crippen LogP contribution in [0.25, 0.3) is 0 Å². The third kappa shape index (κ3) is 3.11. The van der Waals surface area contributed by atoms with Crippen LogP contribution in [0.2, 0.25) is 0 Å². The van der Waals surface area contributed by atoms with E-state index in [1.165, 1.54) is 0 Å². The summed E-state index contributed by atoms with van der Waals surface area (Å²) in [5.41, 5.74) is 1.70. The van der Waals surface area contributed by atoms with Gasteiger partial charge in [-0.05, 0) is 37.9 Å². The van der Waals surface area contributed by atoms with E-state index >= 15 is 0 Å². The Labute approximate surface area is 170 Å². The minimum atomic E-state index is -0.430. The molecular weight excluding hydrogens is 378 g/mol. The van der Waals surface area contributed by atoms with Gasteiger partial charge in [-0.15, -0.1) is 17.5 Å². The maximum atomic E-state index is 13.8. The summed E-state index contributed by atoms with van der Waals surface area (Å²) in [5.74, 6) is 0.251. The van der Waals surface area contributed by atoms with Crippen LogP contribution in [0.4, 0.5) is 0 Å². The van der Waals surface area contributed by atoms with Crippen LogP contribution >= 0.6 is 12.4 Å². The van der Waals surface area contributed by atoms with Gasteiger partial charge in [0.2, 0.25) is 5.91 Å². The number of benzene rings is 1.